The van der Waals surface area contributed by atoms with Crippen LogP contribution in [-0.2, 0) is 4.74 Å². The highest BCUT2D eigenvalue weighted by atomic mass is 16.5. The molecule has 1 saturated heterocycles. The van der Waals surface area contributed by atoms with E-state index in [1.807, 2.05) is 41.3 Å². The van der Waals surface area contributed by atoms with Gasteiger partial charge >= 0.3 is 5.97 Å². The smallest absolute Gasteiger partial charge is 0.338 e. The highest BCUT2D eigenvalue weighted by Crippen LogP contribution is 2.30. The van der Waals surface area contributed by atoms with E-state index in [2.05, 4.69) is 10.2 Å². The Balaban J connectivity index is 1.54. The molecule has 0 radical (unpaired) electrons. The quantitative estimate of drug-likeness (QED) is 0.505. The standard InChI is InChI=1S/C28H29N3O5/c1-3-36-28(34)22-11-14-25(24(19-22)29-26(32)20-9-12-23(35-2)13-10-20)30-15-17-31(18-16-30)27(33)21-7-5-4-6-8-21/h4-14,19H,3,15-18H2,1-2H3,(H,29,32). The lowest BCUT2D eigenvalue weighted by Gasteiger charge is -2.37. The lowest BCUT2D eigenvalue weighted by atomic mass is 10.1. The van der Waals surface area contributed by atoms with Crippen LogP contribution in [0.15, 0.2) is 72.8 Å². The fraction of sp³-hybridized carbons (Fsp3) is 0.250. The van der Waals surface area contributed by atoms with Crippen LogP contribution in [0.5, 0.6) is 5.75 Å². The molecule has 0 saturated carbocycles. The summed E-state index contributed by atoms with van der Waals surface area (Å²) in [5, 5.41) is 2.95. The minimum absolute atomic E-state index is 0.000871. The van der Waals surface area contributed by atoms with Gasteiger partial charge in [0.05, 0.1) is 30.7 Å². The summed E-state index contributed by atoms with van der Waals surface area (Å²) in [5.74, 6) is -0.111. The number of hydrogen-bond donors (Lipinski definition) is 1. The molecule has 2 amide bonds. The third kappa shape index (κ3) is 5.66. The van der Waals surface area contributed by atoms with Gasteiger partial charge in [-0.3, -0.25) is 9.59 Å². The van der Waals surface area contributed by atoms with Crippen LogP contribution in [0, 0.1) is 0 Å². The number of esters is 1. The molecule has 0 aliphatic carbocycles. The lowest BCUT2D eigenvalue weighted by Crippen LogP contribution is -2.49. The monoisotopic (exact) mass is 487 g/mol. The summed E-state index contributed by atoms with van der Waals surface area (Å²) in [4.78, 5) is 42.1. The Morgan fingerprint density at radius 2 is 1.50 bits per heavy atom. The van der Waals surface area contributed by atoms with Crippen LogP contribution in [0.3, 0.4) is 0 Å². The van der Waals surface area contributed by atoms with Crippen LogP contribution < -0.4 is 15.0 Å². The topological polar surface area (TPSA) is 88.2 Å². The summed E-state index contributed by atoms with van der Waals surface area (Å²) in [6.45, 7) is 4.25. The lowest BCUT2D eigenvalue weighted by molar-refractivity contribution is 0.0526. The molecule has 8 heteroatoms. The van der Waals surface area contributed by atoms with Crippen molar-refractivity contribution in [3.63, 3.8) is 0 Å². The SMILES string of the molecule is CCOC(=O)c1ccc(N2CCN(C(=O)c3ccccc3)CC2)c(NC(=O)c2ccc(OC)cc2)c1. The average molecular weight is 488 g/mol. The van der Waals surface area contributed by atoms with Gasteiger partial charge in [0.25, 0.3) is 11.8 Å². The zero-order valence-corrected chi connectivity index (χ0v) is 20.4. The molecule has 0 aromatic heterocycles. The van der Waals surface area contributed by atoms with E-state index in [0.29, 0.717) is 54.3 Å². The predicted molar refractivity (Wildman–Crippen MR) is 138 cm³/mol. The number of nitrogens with zero attached hydrogens (tertiary/aromatic N) is 2. The molecule has 0 spiro atoms. The molecule has 186 valence electrons. The maximum absolute atomic E-state index is 13.0. The molecule has 4 rings (SSSR count). The fourth-order valence-corrected chi connectivity index (χ4v) is 4.10. The second kappa shape index (κ2) is 11.4. The molecule has 0 bridgehead atoms. The molecule has 36 heavy (non-hydrogen) atoms. The molecule has 1 N–H and O–H groups in total. The Kier molecular flexibility index (Phi) is 7.85. The summed E-state index contributed by atoms with van der Waals surface area (Å²) in [6.07, 6.45) is 0. The van der Waals surface area contributed by atoms with Gasteiger partial charge in [0.2, 0.25) is 0 Å². The normalized spacial score (nSPS) is 13.2. The van der Waals surface area contributed by atoms with Crippen molar-refractivity contribution in [2.45, 2.75) is 6.92 Å². The van der Waals surface area contributed by atoms with Crippen LogP contribution in [0.25, 0.3) is 0 Å². The number of ether oxygens (including phenoxy) is 2. The molecular weight excluding hydrogens is 458 g/mol. The van der Waals surface area contributed by atoms with E-state index in [1.165, 1.54) is 0 Å². The largest absolute Gasteiger partial charge is 0.497 e. The number of amides is 2. The van der Waals surface area contributed by atoms with Crippen LogP contribution in [-0.4, -0.2) is 62.6 Å². The number of methoxy groups -OCH3 is 1. The molecule has 8 nitrogen and oxygen atoms in total. The van der Waals surface area contributed by atoms with Crippen molar-refractivity contribution in [1.29, 1.82) is 0 Å². The summed E-state index contributed by atoms with van der Waals surface area (Å²) >= 11 is 0. The number of hydrogen-bond acceptors (Lipinski definition) is 6. The molecule has 1 aliphatic heterocycles. The van der Waals surface area contributed by atoms with Gasteiger partial charge in [0.15, 0.2) is 0 Å². The predicted octanol–water partition coefficient (Wildman–Crippen LogP) is 4.09. The van der Waals surface area contributed by atoms with E-state index < -0.39 is 5.97 Å². The molecule has 1 heterocycles. The van der Waals surface area contributed by atoms with Gasteiger partial charge in [-0.25, -0.2) is 4.79 Å². The third-order valence-corrected chi connectivity index (χ3v) is 6.04. The van der Waals surface area contributed by atoms with E-state index >= 15 is 0 Å². The van der Waals surface area contributed by atoms with Gasteiger partial charge < -0.3 is 24.6 Å². The highest BCUT2D eigenvalue weighted by molar-refractivity contribution is 6.07. The zero-order valence-electron chi connectivity index (χ0n) is 20.4. The van der Waals surface area contributed by atoms with Crippen molar-refractivity contribution >= 4 is 29.2 Å². The molecule has 3 aromatic rings. The first-order valence-electron chi connectivity index (χ1n) is 11.9. The minimum Gasteiger partial charge on any atom is -0.497 e. The second-order valence-electron chi connectivity index (χ2n) is 8.28. The van der Waals surface area contributed by atoms with Crippen molar-refractivity contribution in [2.24, 2.45) is 0 Å². The van der Waals surface area contributed by atoms with E-state index in [1.54, 1.807) is 50.4 Å². The molecule has 1 fully saturated rings. The average Bonchev–Trinajstić information content (AvgIpc) is 2.93. The number of carbonyl (C=O) groups is 3. The number of carbonyl (C=O) groups excluding carboxylic acids is 3. The number of nitrogens with one attached hydrogen (secondary N) is 1. The summed E-state index contributed by atoms with van der Waals surface area (Å²) in [7, 11) is 1.56. The van der Waals surface area contributed by atoms with Crippen molar-refractivity contribution < 1.29 is 23.9 Å². The number of piperazine rings is 1. The summed E-state index contributed by atoms with van der Waals surface area (Å²) < 4.78 is 10.3. The third-order valence-electron chi connectivity index (χ3n) is 6.04. The van der Waals surface area contributed by atoms with Gasteiger partial charge in [-0.2, -0.15) is 0 Å². The highest BCUT2D eigenvalue weighted by Gasteiger charge is 2.25. The Bertz CT molecular complexity index is 1220. The van der Waals surface area contributed by atoms with Gasteiger partial charge in [0, 0.05) is 37.3 Å². The molecular formula is C28H29N3O5. The first kappa shape index (κ1) is 24.8. The maximum Gasteiger partial charge on any atom is 0.338 e. The van der Waals surface area contributed by atoms with E-state index in [4.69, 9.17) is 9.47 Å². The van der Waals surface area contributed by atoms with Gasteiger partial charge in [-0.15, -0.1) is 0 Å². The minimum atomic E-state index is -0.456. The molecule has 3 aromatic carbocycles. The number of benzene rings is 3. The van der Waals surface area contributed by atoms with Crippen molar-refractivity contribution in [3.05, 3.63) is 89.5 Å². The number of rotatable bonds is 7. The van der Waals surface area contributed by atoms with Crippen LogP contribution in [0.2, 0.25) is 0 Å². The van der Waals surface area contributed by atoms with Crippen molar-refractivity contribution in [3.8, 4) is 5.75 Å². The van der Waals surface area contributed by atoms with Crippen LogP contribution in [0.4, 0.5) is 11.4 Å². The molecule has 1 aliphatic rings. The summed E-state index contributed by atoms with van der Waals surface area (Å²) in [5.41, 5.74) is 2.75. The van der Waals surface area contributed by atoms with E-state index in [-0.39, 0.29) is 18.4 Å². The Morgan fingerprint density at radius 1 is 0.833 bits per heavy atom. The van der Waals surface area contributed by atoms with E-state index in [0.717, 1.165) is 5.69 Å². The second-order valence-corrected chi connectivity index (χ2v) is 8.28. The fourth-order valence-electron chi connectivity index (χ4n) is 4.10. The zero-order chi connectivity index (χ0) is 25.5. The number of anilines is 2. The van der Waals surface area contributed by atoms with E-state index in [9.17, 15) is 14.4 Å². The first-order chi connectivity index (χ1) is 17.5. The van der Waals surface area contributed by atoms with Crippen molar-refractivity contribution in [1.82, 2.24) is 4.90 Å². The van der Waals surface area contributed by atoms with Gasteiger partial charge in [-0.1, -0.05) is 18.2 Å². The van der Waals surface area contributed by atoms with Crippen molar-refractivity contribution in [2.75, 3.05) is 50.1 Å². The maximum atomic E-state index is 13.0. The van der Waals surface area contributed by atoms with Gasteiger partial charge in [-0.05, 0) is 61.5 Å². The Hall–Kier alpha value is -4.33. The first-order valence-corrected chi connectivity index (χ1v) is 11.9. The van der Waals surface area contributed by atoms with Gasteiger partial charge in [0.1, 0.15) is 5.75 Å². The van der Waals surface area contributed by atoms with Crippen LogP contribution >= 0.6 is 0 Å². The summed E-state index contributed by atoms with van der Waals surface area (Å²) in [6, 6.07) is 21.1. The van der Waals surface area contributed by atoms with Crippen LogP contribution in [0.1, 0.15) is 38.0 Å². The molecule has 0 atom stereocenters. The Labute approximate surface area is 210 Å². The Morgan fingerprint density at radius 3 is 2.14 bits per heavy atom. The molecule has 0 unspecified atom stereocenters.